The van der Waals surface area contributed by atoms with Crippen LogP contribution in [0.25, 0.3) is 0 Å². The van der Waals surface area contributed by atoms with Gasteiger partial charge in [0.1, 0.15) is 11.5 Å². The molecule has 1 saturated carbocycles. The average molecular weight is 397 g/mol. The van der Waals surface area contributed by atoms with Crippen LogP contribution < -0.4 is 9.47 Å². The first kappa shape index (κ1) is 20.7. The lowest BCUT2D eigenvalue weighted by molar-refractivity contribution is -0.152. The van der Waals surface area contributed by atoms with Gasteiger partial charge in [0.15, 0.2) is 6.61 Å². The molecule has 0 radical (unpaired) electrons. The predicted molar refractivity (Wildman–Crippen MR) is 109 cm³/mol. The summed E-state index contributed by atoms with van der Waals surface area (Å²) in [7, 11) is 3.24. The van der Waals surface area contributed by atoms with Crippen molar-refractivity contribution in [3.8, 4) is 11.5 Å². The fourth-order valence-corrected chi connectivity index (χ4v) is 3.07. The van der Waals surface area contributed by atoms with Crippen LogP contribution in [0.3, 0.4) is 0 Å². The molecule has 6 heteroatoms. The van der Waals surface area contributed by atoms with Crippen molar-refractivity contribution < 1.29 is 23.8 Å². The molecule has 0 aliphatic heterocycles. The number of methoxy groups -OCH3 is 2. The maximum Gasteiger partial charge on any atom is 0.306 e. The molecule has 0 heterocycles. The Hall–Kier alpha value is -3.02. The van der Waals surface area contributed by atoms with Crippen LogP contribution in [0.2, 0.25) is 0 Å². The first-order chi connectivity index (χ1) is 14.1. The second kappa shape index (κ2) is 9.96. The lowest BCUT2D eigenvalue weighted by Gasteiger charge is -2.22. The minimum absolute atomic E-state index is 0.152. The lowest BCUT2D eigenvalue weighted by Crippen LogP contribution is -2.36. The van der Waals surface area contributed by atoms with Crippen molar-refractivity contribution in [2.24, 2.45) is 0 Å². The maximum absolute atomic E-state index is 12.6. The molecule has 2 aromatic carbocycles. The Balaban J connectivity index is 1.46. The van der Waals surface area contributed by atoms with Gasteiger partial charge in [-0.25, -0.2) is 0 Å². The number of hydrogen-bond acceptors (Lipinski definition) is 5. The molecular formula is C23H27NO5. The molecule has 154 valence electrons. The summed E-state index contributed by atoms with van der Waals surface area (Å²) < 4.78 is 15.5. The Morgan fingerprint density at radius 2 is 1.45 bits per heavy atom. The molecule has 2 aromatic rings. The Bertz CT molecular complexity index is 812. The molecule has 1 amide bonds. The minimum atomic E-state index is -0.366. The molecule has 1 fully saturated rings. The number of nitrogens with zero attached hydrogens (tertiary/aromatic N) is 1. The van der Waals surface area contributed by atoms with Crippen LogP contribution in [-0.4, -0.2) is 43.6 Å². The van der Waals surface area contributed by atoms with Crippen LogP contribution in [0.4, 0.5) is 0 Å². The number of benzene rings is 2. The van der Waals surface area contributed by atoms with E-state index in [1.54, 1.807) is 19.1 Å². The largest absolute Gasteiger partial charge is 0.497 e. The molecule has 6 nitrogen and oxygen atoms in total. The summed E-state index contributed by atoms with van der Waals surface area (Å²) in [6, 6.07) is 15.4. The standard InChI is InChI=1S/C23H27NO5/c1-27-20-10-3-17(4-11-20)7-14-23(26)29-16-22(25)24(19-8-9-19)15-18-5-12-21(28-2)13-6-18/h3-6,10-13,19H,7-9,14-16H2,1-2H3. The topological polar surface area (TPSA) is 65.1 Å². The molecular weight excluding hydrogens is 370 g/mol. The Labute approximate surface area is 171 Å². The summed E-state index contributed by atoms with van der Waals surface area (Å²) in [5, 5.41) is 0. The van der Waals surface area contributed by atoms with Crippen molar-refractivity contribution in [3.63, 3.8) is 0 Å². The van der Waals surface area contributed by atoms with Crippen molar-refractivity contribution >= 4 is 11.9 Å². The van der Waals surface area contributed by atoms with E-state index in [2.05, 4.69) is 0 Å². The van der Waals surface area contributed by atoms with Gasteiger partial charge in [-0.15, -0.1) is 0 Å². The van der Waals surface area contributed by atoms with E-state index >= 15 is 0 Å². The zero-order valence-corrected chi connectivity index (χ0v) is 16.9. The van der Waals surface area contributed by atoms with Crippen LogP contribution >= 0.6 is 0 Å². The SMILES string of the molecule is COc1ccc(CCC(=O)OCC(=O)N(Cc2ccc(OC)cc2)C2CC2)cc1. The third-order valence-electron chi connectivity index (χ3n) is 4.95. The van der Waals surface area contributed by atoms with Crippen LogP contribution in [0.1, 0.15) is 30.4 Å². The van der Waals surface area contributed by atoms with E-state index in [-0.39, 0.29) is 30.9 Å². The van der Waals surface area contributed by atoms with E-state index in [9.17, 15) is 9.59 Å². The highest BCUT2D eigenvalue weighted by molar-refractivity contribution is 5.81. The van der Waals surface area contributed by atoms with Gasteiger partial charge in [-0.1, -0.05) is 24.3 Å². The predicted octanol–water partition coefficient (Wildman–Crippen LogP) is 3.37. The third-order valence-corrected chi connectivity index (χ3v) is 4.95. The van der Waals surface area contributed by atoms with Gasteiger partial charge in [-0.05, 0) is 54.7 Å². The zero-order chi connectivity index (χ0) is 20.6. The second-order valence-corrected chi connectivity index (χ2v) is 7.11. The van der Waals surface area contributed by atoms with Crippen LogP contribution in [0, 0.1) is 0 Å². The number of ether oxygens (including phenoxy) is 3. The first-order valence-corrected chi connectivity index (χ1v) is 9.80. The molecule has 0 spiro atoms. The molecule has 0 bridgehead atoms. The maximum atomic E-state index is 12.6. The van der Waals surface area contributed by atoms with Gasteiger partial charge in [-0.2, -0.15) is 0 Å². The lowest BCUT2D eigenvalue weighted by atomic mass is 10.1. The highest BCUT2D eigenvalue weighted by Gasteiger charge is 2.32. The van der Waals surface area contributed by atoms with Crippen LogP contribution in [0.15, 0.2) is 48.5 Å². The van der Waals surface area contributed by atoms with Crippen LogP contribution in [-0.2, 0) is 27.3 Å². The Morgan fingerprint density at radius 3 is 1.97 bits per heavy atom. The normalized spacial score (nSPS) is 12.9. The smallest absolute Gasteiger partial charge is 0.306 e. The van der Waals surface area contributed by atoms with Gasteiger partial charge < -0.3 is 19.1 Å². The molecule has 0 aromatic heterocycles. The zero-order valence-electron chi connectivity index (χ0n) is 16.9. The van der Waals surface area contributed by atoms with Crippen LogP contribution in [0.5, 0.6) is 11.5 Å². The molecule has 1 aliphatic rings. The van der Waals surface area contributed by atoms with Gasteiger partial charge in [0.25, 0.3) is 5.91 Å². The number of carbonyl (C=O) groups excluding carboxylic acids is 2. The van der Waals surface area contributed by atoms with E-state index in [4.69, 9.17) is 14.2 Å². The third kappa shape index (κ3) is 6.24. The van der Waals surface area contributed by atoms with E-state index in [0.717, 1.165) is 35.5 Å². The van der Waals surface area contributed by atoms with Crippen molar-refractivity contribution in [1.82, 2.24) is 4.90 Å². The van der Waals surface area contributed by atoms with Gasteiger partial charge in [0, 0.05) is 19.0 Å². The van der Waals surface area contributed by atoms with Gasteiger partial charge in [0.05, 0.1) is 14.2 Å². The number of amides is 1. The monoisotopic (exact) mass is 397 g/mol. The molecule has 29 heavy (non-hydrogen) atoms. The summed E-state index contributed by atoms with van der Waals surface area (Å²) in [6.45, 7) is 0.297. The molecule has 0 atom stereocenters. The van der Waals surface area contributed by atoms with Gasteiger partial charge >= 0.3 is 5.97 Å². The molecule has 0 N–H and O–H groups in total. The second-order valence-electron chi connectivity index (χ2n) is 7.11. The van der Waals surface area contributed by atoms with E-state index in [0.29, 0.717) is 13.0 Å². The Morgan fingerprint density at radius 1 is 0.897 bits per heavy atom. The van der Waals surface area contributed by atoms with Crippen molar-refractivity contribution in [2.75, 3.05) is 20.8 Å². The van der Waals surface area contributed by atoms with E-state index in [1.807, 2.05) is 48.5 Å². The Kier molecular flexibility index (Phi) is 7.11. The highest BCUT2D eigenvalue weighted by atomic mass is 16.5. The molecule has 1 aliphatic carbocycles. The number of hydrogen-bond donors (Lipinski definition) is 0. The molecule has 0 saturated heterocycles. The minimum Gasteiger partial charge on any atom is -0.497 e. The van der Waals surface area contributed by atoms with E-state index < -0.39 is 0 Å². The highest BCUT2D eigenvalue weighted by Crippen LogP contribution is 2.29. The number of aryl methyl sites for hydroxylation is 1. The summed E-state index contributed by atoms with van der Waals surface area (Å²) in [6.07, 6.45) is 2.79. The number of esters is 1. The summed E-state index contributed by atoms with van der Waals surface area (Å²) in [4.78, 5) is 26.5. The van der Waals surface area contributed by atoms with Gasteiger partial charge in [-0.3, -0.25) is 9.59 Å². The molecule has 0 unspecified atom stereocenters. The van der Waals surface area contributed by atoms with Crippen molar-refractivity contribution in [3.05, 3.63) is 59.7 Å². The number of rotatable bonds is 10. The van der Waals surface area contributed by atoms with Gasteiger partial charge in [0.2, 0.25) is 0 Å². The quantitative estimate of drug-likeness (QED) is 0.575. The summed E-state index contributed by atoms with van der Waals surface area (Å²) >= 11 is 0. The average Bonchev–Trinajstić information content (AvgIpc) is 3.60. The first-order valence-electron chi connectivity index (χ1n) is 9.80. The molecule has 3 rings (SSSR count). The van der Waals surface area contributed by atoms with Crippen molar-refractivity contribution in [2.45, 2.75) is 38.3 Å². The summed E-state index contributed by atoms with van der Waals surface area (Å²) in [5.74, 6) is 1.04. The van der Waals surface area contributed by atoms with E-state index in [1.165, 1.54) is 0 Å². The van der Waals surface area contributed by atoms with Crippen molar-refractivity contribution in [1.29, 1.82) is 0 Å². The summed E-state index contributed by atoms with van der Waals surface area (Å²) in [5.41, 5.74) is 2.05. The number of carbonyl (C=O) groups is 2. The fourth-order valence-electron chi connectivity index (χ4n) is 3.07. The fraction of sp³-hybridized carbons (Fsp3) is 0.391.